The van der Waals surface area contributed by atoms with Crippen molar-refractivity contribution < 1.29 is 9.53 Å². The first-order chi connectivity index (χ1) is 7.63. The quantitative estimate of drug-likeness (QED) is 0.687. The predicted octanol–water partition coefficient (Wildman–Crippen LogP) is 1.13. The fourth-order valence-corrected chi connectivity index (χ4v) is 2.02. The third kappa shape index (κ3) is 4.45. The maximum atomic E-state index is 11.7. The van der Waals surface area contributed by atoms with Crippen LogP contribution in [-0.2, 0) is 9.53 Å². The Morgan fingerprint density at radius 3 is 2.94 bits per heavy atom. The Bertz CT molecular complexity index is 252. The van der Waals surface area contributed by atoms with Gasteiger partial charge in [0.05, 0.1) is 23.6 Å². The van der Waals surface area contributed by atoms with Gasteiger partial charge in [-0.05, 0) is 19.3 Å². The number of nitrogens with two attached hydrogens (primary N) is 1. The van der Waals surface area contributed by atoms with Crippen molar-refractivity contribution in [2.45, 2.75) is 51.2 Å². The third-order valence-electron chi connectivity index (χ3n) is 2.69. The first kappa shape index (κ1) is 13.4. The number of rotatable bonds is 6. The molecule has 0 spiro atoms. The Kier molecular flexibility index (Phi) is 5.69. The maximum Gasteiger partial charge on any atom is 0.223 e. The Morgan fingerprint density at radius 2 is 2.44 bits per heavy atom. The molecule has 1 saturated heterocycles. The second-order valence-corrected chi connectivity index (χ2v) is 4.62. The molecular formula is C11H20N2O2S. The topological polar surface area (TPSA) is 64.3 Å². The van der Waals surface area contributed by atoms with Crippen LogP contribution in [0.3, 0.4) is 0 Å². The number of hydrogen-bond acceptors (Lipinski definition) is 3. The molecule has 0 aromatic heterocycles. The molecule has 1 aliphatic heterocycles. The van der Waals surface area contributed by atoms with Gasteiger partial charge in [0, 0.05) is 6.61 Å². The van der Waals surface area contributed by atoms with Crippen molar-refractivity contribution in [1.82, 2.24) is 5.32 Å². The molecule has 1 amide bonds. The summed E-state index contributed by atoms with van der Waals surface area (Å²) in [7, 11) is 0. The van der Waals surface area contributed by atoms with E-state index < -0.39 is 0 Å². The zero-order valence-electron chi connectivity index (χ0n) is 9.70. The van der Waals surface area contributed by atoms with Crippen LogP contribution in [0.25, 0.3) is 0 Å². The van der Waals surface area contributed by atoms with Crippen LogP contribution < -0.4 is 11.1 Å². The molecule has 1 rings (SSSR count). The van der Waals surface area contributed by atoms with E-state index in [0.717, 1.165) is 32.3 Å². The summed E-state index contributed by atoms with van der Waals surface area (Å²) in [6.45, 7) is 2.81. The highest BCUT2D eigenvalue weighted by molar-refractivity contribution is 7.80. The molecule has 1 heterocycles. The van der Waals surface area contributed by atoms with Crippen molar-refractivity contribution >= 4 is 23.1 Å². The van der Waals surface area contributed by atoms with E-state index in [1.54, 1.807) is 0 Å². The predicted molar refractivity (Wildman–Crippen MR) is 67.2 cm³/mol. The number of nitrogens with one attached hydrogen (secondary N) is 1. The summed E-state index contributed by atoms with van der Waals surface area (Å²) >= 11 is 4.92. The van der Waals surface area contributed by atoms with Crippen LogP contribution in [0.2, 0.25) is 0 Å². The van der Waals surface area contributed by atoms with Gasteiger partial charge in [-0.2, -0.15) is 0 Å². The number of ether oxygens (including phenoxy) is 1. The van der Waals surface area contributed by atoms with E-state index in [-0.39, 0.29) is 18.1 Å². The van der Waals surface area contributed by atoms with Crippen molar-refractivity contribution in [3.63, 3.8) is 0 Å². The van der Waals surface area contributed by atoms with Gasteiger partial charge in [-0.25, -0.2) is 0 Å². The fraction of sp³-hybridized carbons (Fsp3) is 0.818. The van der Waals surface area contributed by atoms with Crippen LogP contribution in [0.5, 0.6) is 0 Å². The van der Waals surface area contributed by atoms with Gasteiger partial charge in [-0.15, -0.1) is 0 Å². The van der Waals surface area contributed by atoms with Crippen molar-refractivity contribution in [2.75, 3.05) is 6.61 Å². The van der Waals surface area contributed by atoms with Crippen LogP contribution in [0, 0.1) is 0 Å². The molecule has 0 aliphatic carbocycles. The van der Waals surface area contributed by atoms with Crippen molar-refractivity contribution in [3.8, 4) is 0 Å². The molecule has 0 bridgehead atoms. The average molecular weight is 244 g/mol. The first-order valence-electron chi connectivity index (χ1n) is 5.83. The Hall–Kier alpha value is -0.680. The number of carbonyl (C=O) groups excluding carboxylic acids is 1. The summed E-state index contributed by atoms with van der Waals surface area (Å²) < 4.78 is 5.40. The zero-order chi connectivity index (χ0) is 12.0. The molecule has 0 aromatic carbocycles. The van der Waals surface area contributed by atoms with Crippen molar-refractivity contribution in [1.29, 1.82) is 0 Å². The molecular weight excluding hydrogens is 224 g/mol. The Morgan fingerprint density at radius 1 is 1.69 bits per heavy atom. The number of amides is 1. The molecule has 1 fully saturated rings. The van der Waals surface area contributed by atoms with Gasteiger partial charge in [-0.1, -0.05) is 25.6 Å². The fourth-order valence-electron chi connectivity index (χ4n) is 1.84. The van der Waals surface area contributed by atoms with Crippen LogP contribution in [0.4, 0.5) is 0 Å². The summed E-state index contributed by atoms with van der Waals surface area (Å²) in [6, 6.07) is -0.172. The lowest BCUT2D eigenvalue weighted by Gasteiger charge is -2.17. The van der Waals surface area contributed by atoms with Crippen LogP contribution in [0.15, 0.2) is 0 Å². The van der Waals surface area contributed by atoms with Crippen LogP contribution in [0.1, 0.15) is 39.0 Å². The Balaban J connectivity index is 2.32. The monoisotopic (exact) mass is 244 g/mol. The highest BCUT2D eigenvalue weighted by Crippen LogP contribution is 2.15. The smallest absolute Gasteiger partial charge is 0.223 e. The summed E-state index contributed by atoms with van der Waals surface area (Å²) in [4.78, 5) is 12.0. The molecule has 5 heteroatoms. The summed E-state index contributed by atoms with van der Waals surface area (Å²) in [6.07, 6.45) is 4.26. The largest absolute Gasteiger partial charge is 0.392 e. The maximum absolute atomic E-state index is 11.7. The van der Waals surface area contributed by atoms with Gasteiger partial charge in [0.15, 0.2) is 0 Å². The molecule has 3 N–H and O–H groups in total. The Labute approximate surface area is 102 Å². The van der Waals surface area contributed by atoms with E-state index in [1.807, 2.05) is 6.92 Å². The molecule has 0 radical (unpaired) electrons. The molecule has 1 aliphatic rings. The van der Waals surface area contributed by atoms with E-state index in [4.69, 9.17) is 22.7 Å². The zero-order valence-corrected chi connectivity index (χ0v) is 10.5. The van der Waals surface area contributed by atoms with Gasteiger partial charge in [-0.3, -0.25) is 4.79 Å². The SMILES string of the molecule is CCCC(NC(=O)CC1CCCO1)C(N)=S. The van der Waals surface area contributed by atoms with Gasteiger partial charge in [0.25, 0.3) is 0 Å². The van der Waals surface area contributed by atoms with Crippen molar-refractivity contribution in [3.05, 3.63) is 0 Å². The lowest BCUT2D eigenvalue weighted by molar-refractivity contribution is -0.123. The molecule has 4 nitrogen and oxygen atoms in total. The number of thiocarbonyl (C=S) groups is 1. The van der Waals surface area contributed by atoms with Crippen LogP contribution in [-0.4, -0.2) is 29.6 Å². The molecule has 2 atom stereocenters. The lowest BCUT2D eigenvalue weighted by atomic mass is 10.1. The minimum atomic E-state index is -0.172. The van der Waals surface area contributed by atoms with E-state index in [9.17, 15) is 4.79 Å². The van der Waals surface area contributed by atoms with Crippen molar-refractivity contribution in [2.24, 2.45) is 5.73 Å². The number of hydrogen-bond donors (Lipinski definition) is 2. The average Bonchev–Trinajstić information content (AvgIpc) is 2.69. The van der Waals surface area contributed by atoms with E-state index in [1.165, 1.54) is 0 Å². The molecule has 0 saturated carbocycles. The molecule has 0 aromatic rings. The molecule has 16 heavy (non-hydrogen) atoms. The lowest BCUT2D eigenvalue weighted by Crippen LogP contribution is -2.44. The number of carbonyl (C=O) groups is 1. The van der Waals surface area contributed by atoms with Gasteiger partial charge < -0.3 is 15.8 Å². The van der Waals surface area contributed by atoms with E-state index >= 15 is 0 Å². The second-order valence-electron chi connectivity index (χ2n) is 4.15. The first-order valence-corrected chi connectivity index (χ1v) is 6.24. The summed E-state index contributed by atoms with van der Waals surface area (Å²) in [5.41, 5.74) is 5.56. The summed E-state index contributed by atoms with van der Waals surface area (Å²) in [5, 5.41) is 2.86. The molecule has 2 unspecified atom stereocenters. The normalized spacial score (nSPS) is 21.7. The third-order valence-corrected chi connectivity index (χ3v) is 2.98. The minimum absolute atomic E-state index is 0.0156. The van der Waals surface area contributed by atoms with Gasteiger partial charge >= 0.3 is 0 Å². The van der Waals surface area contributed by atoms with Gasteiger partial charge in [0.1, 0.15) is 0 Å². The standard InChI is InChI=1S/C11H20N2O2S/c1-2-4-9(11(12)16)13-10(14)7-8-5-3-6-15-8/h8-9H,2-7H2,1H3,(H2,12,16)(H,13,14). The second kappa shape index (κ2) is 6.81. The van der Waals surface area contributed by atoms with E-state index in [2.05, 4.69) is 5.32 Å². The highest BCUT2D eigenvalue weighted by atomic mass is 32.1. The molecule has 92 valence electrons. The highest BCUT2D eigenvalue weighted by Gasteiger charge is 2.21. The summed E-state index contributed by atoms with van der Waals surface area (Å²) in [5.74, 6) is -0.0156. The van der Waals surface area contributed by atoms with Gasteiger partial charge in [0.2, 0.25) is 5.91 Å². The van der Waals surface area contributed by atoms with E-state index in [0.29, 0.717) is 11.4 Å². The van der Waals surface area contributed by atoms with Crippen LogP contribution >= 0.6 is 12.2 Å². The minimum Gasteiger partial charge on any atom is -0.392 e.